The Balaban J connectivity index is 0.000000309. The summed E-state index contributed by atoms with van der Waals surface area (Å²) in [6.45, 7) is 17.0. The molecule has 1 N–H and O–H groups in total. The molecule has 0 spiro atoms. The number of carbonyl (C=O) groups is 1. The van der Waals surface area contributed by atoms with Gasteiger partial charge in [0.1, 0.15) is 0 Å². The second kappa shape index (κ2) is 17.1. The van der Waals surface area contributed by atoms with E-state index in [0.717, 1.165) is 60.9 Å². The molecule has 4 aromatic rings. The topological polar surface area (TPSA) is 63.1 Å². The predicted octanol–water partition coefficient (Wildman–Crippen LogP) is 11.0. The molecule has 0 atom stereocenters. The molecule has 0 amide bonds. The molecule has 1 radical (unpaired) electrons. The number of aliphatic hydroxyl groups is 1. The van der Waals surface area contributed by atoms with Crippen molar-refractivity contribution in [2.24, 2.45) is 11.8 Å². The average Bonchev–Trinajstić information content (AvgIpc) is 3.04. The smallest absolute Gasteiger partial charge is 0.162 e. The van der Waals surface area contributed by atoms with Crippen LogP contribution in [0.4, 0.5) is 0 Å². The Hall–Kier alpha value is -3.14. The maximum absolute atomic E-state index is 11.7. The van der Waals surface area contributed by atoms with Gasteiger partial charge in [0, 0.05) is 56.1 Å². The molecule has 0 saturated heterocycles. The van der Waals surface area contributed by atoms with E-state index < -0.39 is 0 Å². The molecule has 46 heavy (non-hydrogen) atoms. The van der Waals surface area contributed by atoms with Gasteiger partial charge in [0.05, 0.1) is 11.5 Å². The second-order valence-electron chi connectivity index (χ2n) is 13.0. The van der Waals surface area contributed by atoms with Gasteiger partial charge in [-0.2, -0.15) is 0 Å². The Morgan fingerprint density at radius 2 is 1.50 bits per heavy atom. The fourth-order valence-corrected chi connectivity index (χ4v) is 6.25. The van der Waals surface area contributed by atoms with Gasteiger partial charge < -0.3 is 5.11 Å². The van der Waals surface area contributed by atoms with Gasteiger partial charge in [0.15, 0.2) is 5.78 Å². The molecule has 1 aliphatic carbocycles. The normalized spacial score (nSPS) is 12.6. The number of ketones is 1. The van der Waals surface area contributed by atoms with Crippen LogP contribution in [0.1, 0.15) is 115 Å². The summed E-state index contributed by atoms with van der Waals surface area (Å²) in [6.07, 6.45) is 11.1. The van der Waals surface area contributed by atoms with Crippen LogP contribution in [0.5, 0.6) is 0 Å². The predicted molar refractivity (Wildman–Crippen MR) is 189 cm³/mol. The summed E-state index contributed by atoms with van der Waals surface area (Å²) in [5, 5.41) is 12.2. The number of fused-ring (bicyclic) bond motifs is 4. The quantitative estimate of drug-likeness (QED) is 0.0986. The molecule has 2 aromatic carbocycles. The summed E-state index contributed by atoms with van der Waals surface area (Å²) in [5.74, 6) is 1.49. The van der Waals surface area contributed by atoms with Crippen molar-refractivity contribution in [3.05, 3.63) is 95.0 Å². The van der Waals surface area contributed by atoms with E-state index in [-0.39, 0.29) is 43.5 Å². The van der Waals surface area contributed by atoms with Crippen molar-refractivity contribution in [3.63, 3.8) is 0 Å². The summed E-state index contributed by atoms with van der Waals surface area (Å²) in [7, 11) is 0. The number of pyridine rings is 2. The van der Waals surface area contributed by atoms with E-state index in [2.05, 4.69) is 76.2 Å². The minimum absolute atomic E-state index is 0. The van der Waals surface area contributed by atoms with Crippen LogP contribution in [-0.2, 0) is 37.7 Å². The minimum atomic E-state index is 0. The molecule has 1 aliphatic rings. The standard InChI is InChI=1S/C28H27N2.C13H24O2.Ir/c1-17(2)23-12-20-9-10-21-15-29-27(14-26(21)28(20)30-16-23)22-11-19-7-5-6-8-24(19)25(13-22)18(3)4;1-5-10(6-2)12(14)9-13(15)11(7-3)8-4;/h5-8,12-18H,9-10H2,1-4H3;9-11,14H,5-8H2,1-4H3;/q-1;;/b;12-9-;. The molecular weight excluding hydrogens is 745 g/mol. The summed E-state index contributed by atoms with van der Waals surface area (Å²) < 4.78 is 0. The molecule has 4 nitrogen and oxygen atoms in total. The molecular formula is C41H51IrN2O2-. The Bertz CT molecular complexity index is 1650. The molecule has 5 heteroatoms. The first-order valence-electron chi connectivity index (χ1n) is 17.0. The third-order valence-corrected chi connectivity index (χ3v) is 9.35. The SMILES string of the molecule is CC(C)c1cnc2c(c1)CCc1cnc(-c3[c-]c4ccccc4c(C(C)C)c3)cc1-2.CCC(CC)C(=O)/C=C(\O)C(CC)CC.[Ir]. The molecule has 0 aliphatic heterocycles. The van der Waals surface area contributed by atoms with Crippen LogP contribution in [0.25, 0.3) is 33.3 Å². The fraction of sp³-hybridized carbons (Fsp3) is 0.439. The van der Waals surface area contributed by atoms with Gasteiger partial charge in [-0.3, -0.25) is 14.8 Å². The first kappa shape index (κ1) is 37.3. The van der Waals surface area contributed by atoms with Crippen molar-refractivity contribution in [1.29, 1.82) is 0 Å². The second-order valence-corrected chi connectivity index (χ2v) is 13.0. The molecule has 2 aromatic heterocycles. The zero-order valence-electron chi connectivity index (χ0n) is 28.9. The molecule has 0 saturated carbocycles. The van der Waals surface area contributed by atoms with Gasteiger partial charge in [-0.05, 0) is 72.6 Å². The number of benzene rings is 2. The minimum Gasteiger partial charge on any atom is -0.512 e. The molecule has 0 unspecified atom stereocenters. The van der Waals surface area contributed by atoms with Crippen LogP contribution in [0.3, 0.4) is 0 Å². The Labute approximate surface area is 290 Å². The van der Waals surface area contributed by atoms with E-state index in [1.54, 1.807) is 0 Å². The first-order valence-corrected chi connectivity index (χ1v) is 17.0. The zero-order chi connectivity index (χ0) is 32.7. The summed E-state index contributed by atoms with van der Waals surface area (Å²) in [6, 6.07) is 19.0. The molecule has 0 fully saturated rings. The summed E-state index contributed by atoms with van der Waals surface area (Å²) in [5.41, 5.74) is 9.69. The van der Waals surface area contributed by atoms with Crippen molar-refractivity contribution in [2.75, 3.05) is 0 Å². The van der Waals surface area contributed by atoms with Crippen molar-refractivity contribution in [2.45, 2.75) is 106 Å². The van der Waals surface area contributed by atoms with Crippen LogP contribution in [0.2, 0.25) is 0 Å². The Kier molecular flexibility index (Phi) is 13.9. The third kappa shape index (κ3) is 8.60. The van der Waals surface area contributed by atoms with Crippen molar-refractivity contribution >= 4 is 16.6 Å². The molecule has 247 valence electrons. The van der Waals surface area contributed by atoms with E-state index in [0.29, 0.717) is 11.8 Å². The average molecular weight is 796 g/mol. The summed E-state index contributed by atoms with van der Waals surface area (Å²) in [4.78, 5) is 21.4. The monoisotopic (exact) mass is 796 g/mol. The zero-order valence-corrected chi connectivity index (χ0v) is 31.3. The number of aryl methyl sites for hydroxylation is 2. The largest absolute Gasteiger partial charge is 0.512 e. The number of nitrogens with zero attached hydrogens (tertiary/aromatic N) is 2. The first-order chi connectivity index (χ1) is 21.6. The number of aliphatic hydroxyl groups excluding tert-OH is 1. The van der Waals surface area contributed by atoms with Gasteiger partial charge >= 0.3 is 0 Å². The van der Waals surface area contributed by atoms with E-state index >= 15 is 0 Å². The van der Waals surface area contributed by atoms with Crippen molar-refractivity contribution in [1.82, 2.24) is 9.97 Å². The van der Waals surface area contributed by atoms with E-state index in [1.807, 2.05) is 40.1 Å². The van der Waals surface area contributed by atoms with Gasteiger partial charge in [-0.1, -0.05) is 96.7 Å². The van der Waals surface area contributed by atoms with E-state index in [1.165, 1.54) is 39.3 Å². The maximum Gasteiger partial charge on any atom is 0.162 e. The number of aromatic nitrogens is 2. The Morgan fingerprint density at radius 3 is 2.13 bits per heavy atom. The molecule has 5 rings (SSSR count). The van der Waals surface area contributed by atoms with Gasteiger partial charge in [-0.15, -0.1) is 29.1 Å². The number of hydrogen-bond acceptors (Lipinski definition) is 4. The van der Waals surface area contributed by atoms with Gasteiger partial charge in [0.2, 0.25) is 0 Å². The number of hydrogen-bond donors (Lipinski definition) is 1. The van der Waals surface area contributed by atoms with Crippen LogP contribution in [0, 0.1) is 17.9 Å². The molecule has 2 heterocycles. The van der Waals surface area contributed by atoms with Gasteiger partial charge in [-0.25, -0.2) is 0 Å². The fourth-order valence-electron chi connectivity index (χ4n) is 6.25. The van der Waals surface area contributed by atoms with Crippen molar-refractivity contribution < 1.29 is 30.0 Å². The van der Waals surface area contributed by atoms with Crippen LogP contribution < -0.4 is 0 Å². The van der Waals surface area contributed by atoms with Gasteiger partial charge in [0.25, 0.3) is 0 Å². The summed E-state index contributed by atoms with van der Waals surface area (Å²) >= 11 is 0. The van der Waals surface area contributed by atoms with Crippen LogP contribution in [-0.4, -0.2) is 20.9 Å². The van der Waals surface area contributed by atoms with E-state index in [9.17, 15) is 9.90 Å². The number of carbonyl (C=O) groups excluding carboxylic acids is 1. The maximum atomic E-state index is 11.7. The number of allylic oxidation sites excluding steroid dienone is 2. The van der Waals surface area contributed by atoms with Crippen LogP contribution >= 0.6 is 0 Å². The number of rotatable bonds is 10. The Morgan fingerprint density at radius 1 is 0.848 bits per heavy atom. The van der Waals surface area contributed by atoms with Crippen LogP contribution in [0.15, 0.2) is 66.7 Å². The molecule has 0 bridgehead atoms. The van der Waals surface area contributed by atoms with Crippen molar-refractivity contribution in [3.8, 4) is 22.5 Å². The van der Waals surface area contributed by atoms with E-state index in [4.69, 9.17) is 9.97 Å². The third-order valence-electron chi connectivity index (χ3n) is 9.35.